The van der Waals surface area contributed by atoms with Crippen molar-refractivity contribution in [2.45, 2.75) is 18.3 Å². The van der Waals surface area contributed by atoms with E-state index in [1.807, 2.05) is 0 Å². The van der Waals surface area contributed by atoms with E-state index in [1.54, 1.807) is 12.2 Å². The normalized spacial score (nSPS) is 36.4. The monoisotopic (exact) mass is 197 g/mol. The molecule has 5 nitrogen and oxygen atoms in total. The zero-order valence-electron chi connectivity index (χ0n) is 8.02. The summed E-state index contributed by atoms with van der Waals surface area (Å²) in [6.07, 6.45) is 2.78. The molecule has 0 aromatic heterocycles. The van der Waals surface area contributed by atoms with Gasteiger partial charge in [-0.2, -0.15) is 0 Å². The third kappa shape index (κ3) is 1.09. The van der Waals surface area contributed by atoms with Crippen LogP contribution in [0, 0.1) is 0 Å². The van der Waals surface area contributed by atoms with Crippen molar-refractivity contribution in [1.82, 2.24) is 4.90 Å². The van der Waals surface area contributed by atoms with Crippen LogP contribution in [0.1, 0.15) is 6.42 Å². The first-order valence-electron chi connectivity index (χ1n) is 4.30. The van der Waals surface area contributed by atoms with Gasteiger partial charge < -0.3 is 9.47 Å². The van der Waals surface area contributed by atoms with E-state index in [4.69, 9.17) is 9.47 Å². The van der Waals surface area contributed by atoms with Gasteiger partial charge >= 0.3 is 0 Å². The van der Waals surface area contributed by atoms with Crippen molar-refractivity contribution in [3.63, 3.8) is 0 Å². The van der Waals surface area contributed by atoms with Crippen molar-refractivity contribution in [1.29, 1.82) is 0 Å². The Hall–Kier alpha value is -1.20. The molecule has 2 aliphatic heterocycles. The number of nitrogens with zero attached hydrogens (tertiary/aromatic N) is 1. The number of imide groups is 1. The molecule has 0 saturated carbocycles. The zero-order chi connectivity index (χ0) is 10.3. The van der Waals surface area contributed by atoms with E-state index in [0.29, 0.717) is 0 Å². The molecule has 0 aromatic rings. The van der Waals surface area contributed by atoms with Gasteiger partial charge in [0.05, 0.1) is 6.42 Å². The van der Waals surface area contributed by atoms with Crippen LogP contribution in [-0.2, 0) is 19.1 Å². The molecule has 76 valence electrons. The zero-order valence-corrected chi connectivity index (χ0v) is 8.02. The molecule has 2 atom stereocenters. The molecule has 0 radical (unpaired) electrons. The lowest BCUT2D eigenvalue weighted by molar-refractivity contribution is -0.164. The number of likely N-dealkylation sites (N-methyl/N-ethyl adjacent to an activating group) is 1. The van der Waals surface area contributed by atoms with E-state index >= 15 is 0 Å². The Morgan fingerprint density at radius 3 is 2.79 bits per heavy atom. The maximum absolute atomic E-state index is 11.7. The molecule has 0 aliphatic carbocycles. The average molecular weight is 197 g/mol. The van der Waals surface area contributed by atoms with Gasteiger partial charge in [-0.25, -0.2) is 0 Å². The molecule has 0 aromatic carbocycles. The van der Waals surface area contributed by atoms with Gasteiger partial charge in [0, 0.05) is 14.2 Å². The summed E-state index contributed by atoms with van der Waals surface area (Å²) in [5.74, 6) is -0.547. The van der Waals surface area contributed by atoms with Crippen LogP contribution in [0.15, 0.2) is 12.2 Å². The molecular weight excluding hydrogens is 186 g/mol. The minimum atomic E-state index is -1.10. The minimum Gasteiger partial charge on any atom is -0.352 e. The van der Waals surface area contributed by atoms with Gasteiger partial charge in [-0.1, -0.05) is 0 Å². The van der Waals surface area contributed by atoms with Crippen LogP contribution >= 0.6 is 0 Å². The summed E-state index contributed by atoms with van der Waals surface area (Å²) >= 11 is 0. The molecule has 1 spiro atoms. The third-order valence-electron chi connectivity index (χ3n) is 2.54. The quantitative estimate of drug-likeness (QED) is 0.427. The van der Waals surface area contributed by atoms with Gasteiger partial charge in [-0.15, -0.1) is 0 Å². The van der Waals surface area contributed by atoms with Crippen molar-refractivity contribution < 1.29 is 19.1 Å². The van der Waals surface area contributed by atoms with E-state index in [-0.39, 0.29) is 18.2 Å². The van der Waals surface area contributed by atoms with Crippen molar-refractivity contribution >= 4 is 11.8 Å². The number of ether oxygens (including phenoxy) is 2. The van der Waals surface area contributed by atoms with Gasteiger partial charge in [0.1, 0.15) is 0 Å². The number of rotatable bonds is 1. The summed E-state index contributed by atoms with van der Waals surface area (Å²) < 4.78 is 10.3. The van der Waals surface area contributed by atoms with E-state index in [2.05, 4.69) is 0 Å². The number of amides is 2. The average Bonchev–Trinajstić information content (AvgIpc) is 2.67. The molecule has 14 heavy (non-hydrogen) atoms. The molecule has 0 bridgehead atoms. The van der Waals surface area contributed by atoms with E-state index in [0.717, 1.165) is 4.90 Å². The largest absolute Gasteiger partial charge is 0.352 e. The maximum atomic E-state index is 11.7. The molecule has 1 fully saturated rings. The Kier molecular flexibility index (Phi) is 1.94. The predicted octanol–water partition coefficient (Wildman–Crippen LogP) is -0.327. The maximum Gasteiger partial charge on any atom is 0.265 e. The first-order chi connectivity index (χ1) is 6.59. The minimum absolute atomic E-state index is 0.0681. The lowest BCUT2D eigenvalue weighted by Crippen LogP contribution is -2.39. The van der Waals surface area contributed by atoms with Crippen LogP contribution < -0.4 is 0 Å². The summed E-state index contributed by atoms with van der Waals surface area (Å²) in [5.41, 5.74) is -1.10. The molecule has 2 heterocycles. The molecule has 0 N–H and O–H groups in total. The Labute approximate surface area is 81.3 Å². The number of likely N-dealkylation sites (tertiary alicyclic amines) is 1. The standard InChI is InChI=1S/C9H11NO4/c1-10-6(11)5-9(8(10)12)4-3-7(13-2)14-9/h3-4,7H,5H2,1-2H3. The second-order valence-corrected chi connectivity index (χ2v) is 3.41. The fraction of sp³-hybridized carbons (Fsp3) is 0.556. The highest BCUT2D eigenvalue weighted by Gasteiger charge is 2.53. The van der Waals surface area contributed by atoms with Gasteiger partial charge in [-0.05, 0) is 12.2 Å². The highest BCUT2D eigenvalue weighted by molar-refractivity contribution is 6.08. The predicted molar refractivity (Wildman–Crippen MR) is 46.1 cm³/mol. The highest BCUT2D eigenvalue weighted by Crippen LogP contribution is 2.34. The second kappa shape index (κ2) is 2.90. The SMILES string of the molecule is COC1C=CC2(CC(=O)N(C)C2=O)O1. The fourth-order valence-corrected chi connectivity index (χ4v) is 1.68. The summed E-state index contributed by atoms with van der Waals surface area (Å²) in [7, 11) is 2.94. The second-order valence-electron chi connectivity index (χ2n) is 3.41. The smallest absolute Gasteiger partial charge is 0.265 e. The van der Waals surface area contributed by atoms with Crippen molar-refractivity contribution in [3.8, 4) is 0 Å². The summed E-state index contributed by atoms with van der Waals surface area (Å²) in [6, 6.07) is 0. The number of carbonyl (C=O) groups is 2. The number of hydrogen-bond acceptors (Lipinski definition) is 4. The summed E-state index contributed by atoms with van der Waals surface area (Å²) in [5, 5.41) is 0. The molecular formula is C9H11NO4. The van der Waals surface area contributed by atoms with Crippen LogP contribution in [0.5, 0.6) is 0 Å². The van der Waals surface area contributed by atoms with Crippen molar-refractivity contribution in [2.24, 2.45) is 0 Å². The topological polar surface area (TPSA) is 55.8 Å². The number of carbonyl (C=O) groups excluding carboxylic acids is 2. The summed E-state index contributed by atoms with van der Waals surface area (Å²) in [6.45, 7) is 0. The van der Waals surface area contributed by atoms with E-state index in [9.17, 15) is 9.59 Å². The Bertz CT molecular complexity index is 325. The molecule has 2 aliphatic rings. The van der Waals surface area contributed by atoms with Crippen LogP contribution in [-0.4, -0.2) is 42.8 Å². The van der Waals surface area contributed by atoms with Gasteiger partial charge in [0.15, 0.2) is 11.9 Å². The van der Waals surface area contributed by atoms with Crippen LogP contribution in [0.4, 0.5) is 0 Å². The lowest BCUT2D eigenvalue weighted by Gasteiger charge is -2.20. The first-order valence-corrected chi connectivity index (χ1v) is 4.30. The Morgan fingerprint density at radius 1 is 1.64 bits per heavy atom. The highest BCUT2D eigenvalue weighted by atomic mass is 16.7. The molecule has 1 saturated heterocycles. The molecule has 2 rings (SSSR count). The first kappa shape index (κ1) is 9.36. The number of methoxy groups -OCH3 is 1. The van der Waals surface area contributed by atoms with Crippen LogP contribution in [0.3, 0.4) is 0 Å². The van der Waals surface area contributed by atoms with Crippen LogP contribution in [0.2, 0.25) is 0 Å². The van der Waals surface area contributed by atoms with Crippen LogP contribution in [0.25, 0.3) is 0 Å². The lowest BCUT2D eigenvalue weighted by atomic mass is 10.0. The third-order valence-corrected chi connectivity index (χ3v) is 2.54. The summed E-state index contributed by atoms with van der Waals surface area (Å²) in [4.78, 5) is 24.1. The Morgan fingerprint density at radius 2 is 2.36 bits per heavy atom. The number of hydrogen-bond donors (Lipinski definition) is 0. The molecule has 5 heteroatoms. The van der Waals surface area contributed by atoms with Gasteiger partial charge in [0.25, 0.3) is 5.91 Å². The van der Waals surface area contributed by atoms with E-state index in [1.165, 1.54) is 14.2 Å². The fourth-order valence-electron chi connectivity index (χ4n) is 1.68. The van der Waals surface area contributed by atoms with Gasteiger partial charge in [-0.3, -0.25) is 14.5 Å². The van der Waals surface area contributed by atoms with Crippen molar-refractivity contribution in [3.05, 3.63) is 12.2 Å². The molecule has 2 unspecified atom stereocenters. The van der Waals surface area contributed by atoms with Crippen molar-refractivity contribution in [2.75, 3.05) is 14.2 Å². The van der Waals surface area contributed by atoms with Gasteiger partial charge in [0.2, 0.25) is 5.91 Å². The molecule has 2 amide bonds. The van der Waals surface area contributed by atoms with E-state index < -0.39 is 11.9 Å². The Balaban J connectivity index is 2.25.